The van der Waals surface area contributed by atoms with Crippen molar-refractivity contribution in [3.05, 3.63) is 83.9 Å². The van der Waals surface area contributed by atoms with Crippen molar-refractivity contribution < 1.29 is 4.42 Å². The largest absolute Gasteiger partial charge is 0.438 e. The molecule has 34 heavy (non-hydrogen) atoms. The fourth-order valence-corrected chi connectivity index (χ4v) is 4.42. The summed E-state index contributed by atoms with van der Waals surface area (Å²) in [4.78, 5) is 16.6. The lowest BCUT2D eigenvalue weighted by Gasteiger charge is -2.26. The molecule has 0 radical (unpaired) electrons. The van der Waals surface area contributed by atoms with Crippen molar-refractivity contribution in [2.45, 2.75) is 38.6 Å². The minimum absolute atomic E-state index is 0.0811. The van der Waals surface area contributed by atoms with Crippen LogP contribution < -0.4 is 5.32 Å². The number of hydrogen-bond donors (Lipinski definition) is 1. The normalized spacial score (nSPS) is 15.9. The summed E-state index contributed by atoms with van der Waals surface area (Å²) in [6, 6.07) is 20.7. The summed E-state index contributed by atoms with van der Waals surface area (Å²) in [6.07, 6.45) is 3.88. The van der Waals surface area contributed by atoms with Gasteiger partial charge in [-0.25, -0.2) is 15.0 Å². The molecular formula is C28H31N5O. The third kappa shape index (κ3) is 4.87. The van der Waals surface area contributed by atoms with Gasteiger partial charge in [0, 0.05) is 17.7 Å². The van der Waals surface area contributed by atoms with Crippen LogP contribution in [0.15, 0.2) is 71.3 Å². The van der Waals surface area contributed by atoms with Gasteiger partial charge in [-0.05, 0) is 58.5 Å². The van der Waals surface area contributed by atoms with Crippen molar-refractivity contribution in [3.8, 4) is 22.7 Å². The van der Waals surface area contributed by atoms with Gasteiger partial charge < -0.3 is 14.6 Å². The summed E-state index contributed by atoms with van der Waals surface area (Å²) in [7, 11) is 2.17. The van der Waals surface area contributed by atoms with Crippen molar-refractivity contribution in [1.82, 2.24) is 19.9 Å². The summed E-state index contributed by atoms with van der Waals surface area (Å²) in [5.74, 6) is 2.41. The van der Waals surface area contributed by atoms with E-state index in [9.17, 15) is 0 Å². The van der Waals surface area contributed by atoms with Crippen LogP contribution in [0.4, 0.5) is 5.95 Å². The molecule has 0 saturated carbocycles. The Morgan fingerprint density at radius 1 is 0.971 bits per heavy atom. The van der Waals surface area contributed by atoms with Gasteiger partial charge in [-0.1, -0.05) is 60.2 Å². The van der Waals surface area contributed by atoms with Crippen LogP contribution in [0.25, 0.3) is 22.7 Å². The van der Waals surface area contributed by atoms with Crippen LogP contribution in [0.5, 0.6) is 0 Å². The van der Waals surface area contributed by atoms with Crippen molar-refractivity contribution in [2.75, 3.05) is 25.5 Å². The first-order valence-electron chi connectivity index (χ1n) is 12.0. The van der Waals surface area contributed by atoms with E-state index in [1.807, 2.05) is 24.3 Å². The van der Waals surface area contributed by atoms with Gasteiger partial charge in [0.2, 0.25) is 5.95 Å². The third-order valence-corrected chi connectivity index (χ3v) is 6.57. The molecule has 5 rings (SSSR count). The number of benzene rings is 2. The quantitative estimate of drug-likeness (QED) is 0.381. The number of aryl methyl sites for hydroxylation is 1. The van der Waals surface area contributed by atoms with Crippen LogP contribution in [-0.2, 0) is 0 Å². The molecule has 2 aromatic heterocycles. The highest BCUT2D eigenvalue weighted by atomic mass is 16.4. The summed E-state index contributed by atoms with van der Waals surface area (Å²) < 4.78 is 6.46. The maximum absolute atomic E-state index is 6.46. The SMILES string of the molecule is Cc1ccc(-c2nc(C3CCN(C)CC3)oc2-c2ccnc(N[C@@H](C)c3ccccc3)n2)cc1. The molecule has 1 fully saturated rings. The van der Waals surface area contributed by atoms with Crippen LogP contribution >= 0.6 is 0 Å². The molecule has 2 aromatic carbocycles. The number of anilines is 1. The molecule has 1 N–H and O–H groups in total. The lowest BCUT2D eigenvalue weighted by atomic mass is 9.97. The second kappa shape index (κ2) is 9.77. The Kier molecular flexibility index (Phi) is 6.41. The van der Waals surface area contributed by atoms with Gasteiger partial charge in [-0.3, -0.25) is 0 Å². The molecule has 6 heteroatoms. The Labute approximate surface area is 201 Å². The van der Waals surface area contributed by atoms with E-state index in [0.717, 1.165) is 48.8 Å². The Hall–Kier alpha value is -3.51. The molecule has 1 aliphatic rings. The van der Waals surface area contributed by atoms with Crippen LogP contribution in [0.1, 0.15) is 48.7 Å². The Morgan fingerprint density at radius 3 is 2.44 bits per heavy atom. The van der Waals surface area contributed by atoms with E-state index in [4.69, 9.17) is 14.4 Å². The molecule has 0 bridgehead atoms. The van der Waals surface area contributed by atoms with Crippen molar-refractivity contribution in [1.29, 1.82) is 0 Å². The maximum atomic E-state index is 6.46. The van der Waals surface area contributed by atoms with Crippen LogP contribution in [0, 0.1) is 6.92 Å². The van der Waals surface area contributed by atoms with E-state index < -0.39 is 0 Å². The number of nitrogens with zero attached hydrogens (tertiary/aromatic N) is 4. The number of aromatic nitrogens is 3. The second-order valence-corrected chi connectivity index (χ2v) is 9.22. The number of hydrogen-bond acceptors (Lipinski definition) is 6. The molecule has 1 atom stereocenters. The smallest absolute Gasteiger partial charge is 0.223 e. The van der Waals surface area contributed by atoms with E-state index >= 15 is 0 Å². The van der Waals surface area contributed by atoms with Gasteiger partial charge in [0.1, 0.15) is 11.4 Å². The highest BCUT2D eigenvalue weighted by molar-refractivity contribution is 5.75. The molecule has 0 unspecified atom stereocenters. The summed E-state index contributed by atoms with van der Waals surface area (Å²) in [5.41, 5.74) is 5.01. The maximum Gasteiger partial charge on any atom is 0.223 e. The molecule has 0 amide bonds. The van der Waals surface area contributed by atoms with Gasteiger partial charge in [0.25, 0.3) is 0 Å². The van der Waals surface area contributed by atoms with Crippen molar-refractivity contribution >= 4 is 5.95 Å². The first-order chi connectivity index (χ1) is 16.6. The lowest BCUT2D eigenvalue weighted by Crippen LogP contribution is -2.29. The van der Waals surface area contributed by atoms with E-state index in [2.05, 4.69) is 72.5 Å². The van der Waals surface area contributed by atoms with Crippen LogP contribution in [0.2, 0.25) is 0 Å². The molecule has 174 valence electrons. The van der Waals surface area contributed by atoms with Gasteiger partial charge in [-0.2, -0.15) is 0 Å². The minimum atomic E-state index is 0.0811. The van der Waals surface area contributed by atoms with E-state index in [1.165, 1.54) is 11.1 Å². The number of oxazole rings is 1. The monoisotopic (exact) mass is 453 g/mol. The fourth-order valence-electron chi connectivity index (χ4n) is 4.42. The predicted molar refractivity (Wildman–Crippen MR) is 136 cm³/mol. The first-order valence-corrected chi connectivity index (χ1v) is 12.0. The topological polar surface area (TPSA) is 67.1 Å². The molecule has 0 aliphatic carbocycles. The molecule has 1 aliphatic heterocycles. The van der Waals surface area contributed by atoms with E-state index in [0.29, 0.717) is 17.6 Å². The van der Waals surface area contributed by atoms with Crippen molar-refractivity contribution in [3.63, 3.8) is 0 Å². The highest BCUT2D eigenvalue weighted by Gasteiger charge is 2.26. The minimum Gasteiger partial charge on any atom is -0.438 e. The zero-order valence-electron chi connectivity index (χ0n) is 20.0. The van der Waals surface area contributed by atoms with Crippen LogP contribution in [0.3, 0.4) is 0 Å². The first kappa shape index (κ1) is 22.3. The van der Waals surface area contributed by atoms with Crippen molar-refractivity contribution in [2.24, 2.45) is 0 Å². The molecule has 4 aromatic rings. The van der Waals surface area contributed by atoms with Crippen LogP contribution in [-0.4, -0.2) is 40.0 Å². The van der Waals surface area contributed by atoms with Gasteiger partial charge in [0.15, 0.2) is 11.7 Å². The average Bonchev–Trinajstić information content (AvgIpc) is 3.31. The molecule has 6 nitrogen and oxygen atoms in total. The predicted octanol–water partition coefficient (Wildman–Crippen LogP) is 6.09. The fraction of sp³-hybridized carbons (Fsp3) is 0.321. The molecular weight excluding hydrogens is 422 g/mol. The summed E-state index contributed by atoms with van der Waals surface area (Å²) in [6.45, 7) is 6.31. The lowest BCUT2D eigenvalue weighted by molar-refractivity contribution is 0.238. The third-order valence-electron chi connectivity index (χ3n) is 6.57. The Bertz CT molecular complexity index is 1230. The van der Waals surface area contributed by atoms with Gasteiger partial charge >= 0.3 is 0 Å². The highest BCUT2D eigenvalue weighted by Crippen LogP contribution is 2.37. The Balaban J connectivity index is 1.49. The standard InChI is InChI=1S/C28H31N5O/c1-19-9-11-22(12-10-19)25-26(34-27(32-25)23-14-17-33(3)18-15-23)24-13-16-29-28(31-24)30-20(2)21-7-5-4-6-8-21/h4-13,16,20,23H,14-15,17-18H2,1-3H3,(H,29,30,31)/t20-/m0/s1. The zero-order valence-corrected chi connectivity index (χ0v) is 20.0. The number of likely N-dealkylation sites (tertiary alicyclic amines) is 1. The Morgan fingerprint density at radius 2 is 1.71 bits per heavy atom. The van der Waals surface area contributed by atoms with Gasteiger partial charge in [-0.15, -0.1) is 0 Å². The van der Waals surface area contributed by atoms with E-state index in [1.54, 1.807) is 6.20 Å². The second-order valence-electron chi connectivity index (χ2n) is 9.22. The average molecular weight is 454 g/mol. The zero-order chi connectivity index (χ0) is 23.5. The number of nitrogens with one attached hydrogen (secondary N) is 1. The molecule has 3 heterocycles. The molecule has 0 spiro atoms. The summed E-state index contributed by atoms with van der Waals surface area (Å²) in [5, 5.41) is 3.42. The number of piperidine rings is 1. The van der Waals surface area contributed by atoms with Gasteiger partial charge in [0.05, 0.1) is 6.04 Å². The molecule has 1 saturated heterocycles. The summed E-state index contributed by atoms with van der Waals surface area (Å²) >= 11 is 0. The number of rotatable bonds is 6. The van der Waals surface area contributed by atoms with E-state index in [-0.39, 0.29) is 6.04 Å².